The second kappa shape index (κ2) is 9.88. The highest BCUT2D eigenvalue weighted by molar-refractivity contribution is 7.92. The molecule has 0 saturated heterocycles. The number of nitrogens with zero attached hydrogens (tertiary/aromatic N) is 2. The Hall–Kier alpha value is -2.68. The van der Waals surface area contributed by atoms with E-state index >= 15 is 0 Å². The van der Waals surface area contributed by atoms with Crippen LogP contribution in [0.1, 0.15) is 26.3 Å². The van der Waals surface area contributed by atoms with Gasteiger partial charge in [0.2, 0.25) is 15.9 Å². The minimum Gasteiger partial charge on any atom is -0.372 e. The molecular formula is C21H27F2N3O3S. The summed E-state index contributed by atoms with van der Waals surface area (Å²) in [5.41, 5.74) is 1.80. The Balaban J connectivity index is 2.13. The van der Waals surface area contributed by atoms with E-state index in [0.29, 0.717) is 0 Å². The Labute approximate surface area is 176 Å². The molecule has 0 fully saturated rings. The molecule has 0 radical (unpaired) electrons. The summed E-state index contributed by atoms with van der Waals surface area (Å²) in [6.45, 7) is 7.50. The maximum absolute atomic E-state index is 13.6. The molecule has 1 unspecified atom stereocenters. The number of halogens is 2. The van der Waals surface area contributed by atoms with Crippen LogP contribution in [0.4, 0.5) is 20.2 Å². The number of anilines is 2. The lowest BCUT2D eigenvalue weighted by atomic mass is 10.2. The van der Waals surface area contributed by atoms with Crippen LogP contribution in [0.3, 0.4) is 0 Å². The molecule has 30 heavy (non-hydrogen) atoms. The number of nitrogens with one attached hydrogen (secondary N) is 1. The molecule has 0 spiro atoms. The molecule has 0 aliphatic carbocycles. The van der Waals surface area contributed by atoms with Crippen molar-refractivity contribution in [1.82, 2.24) is 5.32 Å². The van der Waals surface area contributed by atoms with Gasteiger partial charge in [0.15, 0.2) is 11.6 Å². The highest BCUT2D eigenvalue weighted by atomic mass is 32.2. The average molecular weight is 440 g/mol. The summed E-state index contributed by atoms with van der Waals surface area (Å²) in [6.07, 6.45) is 0.907. The molecule has 0 aliphatic heterocycles. The summed E-state index contributed by atoms with van der Waals surface area (Å²) in [6, 6.07) is 9.25. The number of benzene rings is 2. The van der Waals surface area contributed by atoms with Gasteiger partial charge in [-0.2, -0.15) is 0 Å². The number of hydrogen-bond acceptors (Lipinski definition) is 4. The van der Waals surface area contributed by atoms with Gasteiger partial charge in [0.25, 0.3) is 0 Å². The summed E-state index contributed by atoms with van der Waals surface area (Å²) in [7, 11) is -3.92. The van der Waals surface area contributed by atoms with Crippen molar-refractivity contribution < 1.29 is 22.0 Å². The Morgan fingerprint density at radius 2 is 1.57 bits per heavy atom. The number of carbonyl (C=O) groups excluding carboxylic acids is 1. The van der Waals surface area contributed by atoms with Crippen molar-refractivity contribution in [3.63, 3.8) is 0 Å². The number of amides is 1. The van der Waals surface area contributed by atoms with E-state index in [-0.39, 0.29) is 12.2 Å². The largest absolute Gasteiger partial charge is 0.372 e. The quantitative estimate of drug-likeness (QED) is 0.651. The van der Waals surface area contributed by atoms with Crippen LogP contribution >= 0.6 is 0 Å². The second-order valence-corrected chi connectivity index (χ2v) is 8.75. The zero-order valence-electron chi connectivity index (χ0n) is 17.5. The van der Waals surface area contributed by atoms with Crippen molar-refractivity contribution in [2.24, 2.45) is 0 Å². The van der Waals surface area contributed by atoms with Gasteiger partial charge in [0, 0.05) is 31.4 Å². The molecule has 0 aromatic heterocycles. The molecule has 1 atom stereocenters. The van der Waals surface area contributed by atoms with Gasteiger partial charge >= 0.3 is 0 Å². The Morgan fingerprint density at radius 1 is 1.00 bits per heavy atom. The second-order valence-electron chi connectivity index (χ2n) is 6.89. The Kier molecular flexibility index (Phi) is 7.77. The first-order chi connectivity index (χ1) is 14.1. The molecule has 1 amide bonds. The molecule has 164 valence electrons. The maximum Gasteiger partial charge on any atom is 0.243 e. The molecule has 6 nitrogen and oxygen atoms in total. The van der Waals surface area contributed by atoms with Crippen LogP contribution in [-0.4, -0.2) is 39.7 Å². The lowest BCUT2D eigenvalue weighted by Crippen LogP contribution is -2.47. The molecular weight excluding hydrogens is 412 g/mol. The molecule has 2 aromatic rings. The van der Waals surface area contributed by atoms with Gasteiger partial charge in [0.05, 0.1) is 11.9 Å². The van der Waals surface area contributed by atoms with Gasteiger partial charge in [-0.1, -0.05) is 12.1 Å². The number of hydrogen-bond donors (Lipinski definition) is 1. The molecule has 2 rings (SSSR count). The van der Waals surface area contributed by atoms with E-state index in [1.807, 2.05) is 24.3 Å². The van der Waals surface area contributed by atoms with Crippen LogP contribution in [0.25, 0.3) is 0 Å². The standard InChI is InChI=1S/C21H27F2N3O3S/c1-5-25(6-2)17-9-7-16(8-10-17)14-24-21(27)15(3)26(30(4,28)29)18-11-12-19(22)20(23)13-18/h7-13,15H,5-6,14H2,1-4H3,(H,24,27). The SMILES string of the molecule is CCN(CC)c1ccc(CNC(=O)C(C)N(c2ccc(F)c(F)c2)S(C)(=O)=O)cc1. The third-order valence-electron chi connectivity index (χ3n) is 4.78. The maximum atomic E-state index is 13.6. The Morgan fingerprint density at radius 3 is 2.07 bits per heavy atom. The van der Waals surface area contributed by atoms with Crippen LogP contribution in [-0.2, 0) is 21.4 Å². The first kappa shape index (κ1) is 23.6. The topological polar surface area (TPSA) is 69.7 Å². The van der Waals surface area contributed by atoms with Gasteiger partial charge in [0.1, 0.15) is 6.04 Å². The fourth-order valence-corrected chi connectivity index (χ4v) is 4.35. The van der Waals surface area contributed by atoms with E-state index in [2.05, 4.69) is 24.1 Å². The average Bonchev–Trinajstić information content (AvgIpc) is 2.69. The van der Waals surface area contributed by atoms with Gasteiger partial charge in [-0.05, 0) is 50.6 Å². The minimum absolute atomic E-state index is 0.123. The molecule has 9 heteroatoms. The van der Waals surface area contributed by atoms with Crippen molar-refractivity contribution in [2.45, 2.75) is 33.4 Å². The fraction of sp³-hybridized carbons (Fsp3) is 0.381. The summed E-state index contributed by atoms with van der Waals surface area (Å²) in [4.78, 5) is 14.8. The monoisotopic (exact) mass is 439 g/mol. The third-order valence-corrected chi connectivity index (χ3v) is 6.02. The molecule has 0 aliphatic rings. The first-order valence-electron chi connectivity index (χ1n) is 9.64. The zero-order valence-corrected chi connectivity index (χ0v) is 18.3. The third kappa shape index (κ3) is 5.69. The first-order valence-corrected chi connectivity index (χ1v) is 11.5. The van der Waals surface area contributed by atoms with Crippen molar-refractivity contribution >= 4 is 27.3 Å². The molecule has 2 aromatic carbocycles. The molecule has 0 saturated carbocycles. The summed E-state index contributed by atoms with van der Waals surface area (Å²) in [5, 5.41) is 2.70. The van der Waals surface area contributed by atoms with Gasteiger partial charge in [-0.15, -0.1) is 0 Å². The van der Waals surface area contributed by atoms with E-state index < -0.39 is 33.6 Å². The van der Waals surface area contributed by atoms with Crippen molar-refractivity contribution in [2.75, 3.05) is 28.6 Å². The highest BCUT2D eigenvalue weighted by Crippen LogP contribution is 2.23. The van der Waals surface area contributed by atoms with E-state index in [0.717, 1.165) is 53.1 Å². The predicted molar refractivity (Wildman–Crippen MR) is 115 cm³/mol. The summed E-state index contributed by atoms with van der Waals surface area (Å²) >= 11 is 0. The van der Waals surface area contributed by atoms with E-state index in [1.54, 1.807) is 0 Å². The van der Waals surface area contributed by atoms with E-state index in [9.17, 15) is 22.0 Å². The number of carbonyl (C=O) groups is 1. The van der Waals surface area contributed by atoms with Crippen LogP contribution in [0.15, 0.2) is 42.5 Å². The lowest BCUT2D eigenvalue weighted by Gasteiger charge is -2.28. The highest BCUT2D eigenvalue weighted by Gasteiger charge is 2.29. The van der Waals surface area contributed by atoms with Gasteiger partial charge < -0.3 is 10.2 Å². The zero-order chi connectivity index (χ0) is 22.5. The van der Waals surface area contributed by atoms with Crippen molar-refractivity contribution in [3.05, 3.63) is 59.7 Å². The predicted octanol–water partition coefficient (Wildman–Crippen LogP) is 3.28. The van der Waals surface area contributed by atoms with Gasteiger partial charge in [-0.3, -0.25) is 9.10 Å². The van der Waals surface area contributed by atoms with Crippen molar-refractivity contribution in [3.8, 4) is 0 Å². The number of rotatable bonds is 9. The molecule has 1 N–H and O–H groups in total. The molecule has 0 bridgehead atoms. The number of sulfonamides is 1. The van der Waals surface area contributed by atoms with E-state index in [4.69, 9.17) is 0 Å². The lowest BCUT2D eigenvalue weighted by molar-refractivity contribution is -0.122. The van der Waals surface area contributed by atoms with E-state index in [1.165, 1.54) is 6.92 Å². The van der Waals surface area contributed by atoms with Gasteiger partial charge in [-0.25, -0.2) is 17.2 Å². The van der Waals surface area contributed by atoms with Crippen LogP contribution in [0, 0.1) is 11.6 Å². The van der Waals surface area contributed by atoms with Crippen LogP contribution in [0.5, 0.6) is 0 Å². The summed E-state index contributed by atoms with van der Waals surface area (Å²) in [5.74, 6) is -2.85. The van der Waals surface area contributed by atoms with Crippen molar-refractivity contribution in [1.29, 1.82) is 0 Å². The molecule has 0 heterocycles. The minimum atomic E-state index is -3.92. The van der Waals surface area contributed by atoms with Crippen LogP contribution < -0.4 is 14.5 Å². The summed E-state index contributed by atoms with van der Waals surface area (Å²) < 4.78 is 52.1. The smallest absolute Gasteiger partial charge is 0.243 e. The normalized spacial score (nSPS) is 12.3. The van der Waals surface area contributed by atoms with Crippen LogP contribution in [0.2, 0.25) is 0 Å². The Bertz CT molecular complexity index is 977. The fourth-order valence-electron chi connectivity index (χ4n) is 3.18.